The minimum absolute atomic E-state index is 0.0140. The molecule has 3 aromatic rings. The third-order valence-corrected chi connectivity index (χ3v) is 5.47. The van der Waals surface area contributed by atoms with Crippen molar-refractivity contribution in [3.05, 3.63) is 89.5 Å². The van der Waals surface area contributed by atoms with Crippen LogP contribution in [0.4, 0.5) is 10.5 Å². The van der Waals surface area contributed by atoms with Crippen LogP contribution >= 0.6 is 0 Å². The summed E-state index contributed by atoms with van der Waals surface area (Å²) < 4.78 is 11.1. The van der Waals surface area contributed by atoms with Crippen LogP contribution in [0.15, 0.2) is 72.8 Å². The number of carboxylic acid groups (broad SMARTS) is 1. The highest BCUT2D eigenvalue weighted by atomic mass is 16.7. The zero-order valence-electron chi connectivity index (χ0n) is 20.2. The molecule has 1 aliphatic rings. The molecule has 196 valence electrons. The van der Waals surface area contributed by atoms with Gasteiger partial charge in [-0.3, -0.25) is 19.7 Å². The van der Waals surface area contributed by atoms with Gasteiger partial charge in [0.2, 0.25) is 5.91 Å². The van der Waals surface area contributed by atoms with Crippen molar-refractivity contribution in [2.45, 2.75) is 25.8 Å². The number of hydrogen-bond acceptors (Lipinski definition) is 6. The zero-order valence-corrected chi connectivity index (χ0v) is 20.2. The van der Waals surface area contributed by atoms with Gasteiger partial charge in [0.25, 0.3) is 5.91 Å². The van der Waals surface area contributed by atoms with E-state index >= 15 is 0 Å². The maximum atomic E-state index is 12.5. The van der Waals surface area contributed by atoms with Crippen LogP contribution in [0, 0.1) is 0 Å². The van der Waals surface area contributed by atoms with Crippen LogP contribution in [0.5, 0.6) is 11.5 Å². The smallest absolute Gasteiger partial charge is 0.327 e. The van der Waals surface area contributed by atoms with Crippen molar-refractivity contribution in [2.75, 3.05) is 11.9 Å². The maximum absolute atomic E-state index is 12.5. The van der Waals surface area contributed by atoms with Gasteiger partial charge >= 0.3 is 18.4 Å². The Morgan fingerprint density at radius 2 is 1.61 bits per heavy atom. The normalized spacial score (nSPS) is 13.3. The average Bonchev–Trinajstić information content (AvgIpc) is 3.31. The predicted molar refractivity (Wildman–Crippen MR) is 137 cm³/mol. The quantitative estimate of drug-likeness (QED) is 0.276. The van der Waals surface area contributed by atoms with Gasteiger partial charge in [-0.1, -0.05) is 42.5 Å². The molecular weight excluding hydrogens is 492 g/mol. The highest BCUT2D eigenvalue weighted by Crippen LogP contribution is 2.35. The number of ether oxygens (including phenoxy) is 2. The van der Waals surface area contributed by atoms with Crippen LogP contribution in [0.2, 0.25) is 0 Å². The van der Waals surface area contributed by atoms with Gasteiger partial charge in [0.15, 0.2) is 11.5 Å². The highest BCUT2D eigenvalue weighted by molar-refractivity contribution is 5.98. The number of aliphatic carboxylic acids is 1. The monoisotopic (exact) mass is 518 g/mol. The molecule has 1 unspecified atom stereocenters. The molecule has 1 aliphatic heterocycles. The molecule has 4 rings (SSSR count). The molecule has 0 saturated heterocycles. The third-order valence-electron chi connectivity index (χ3n) is 5.47. The molecule has 0 bridgehead atoms. The van der Waals surface area contributed by atoms with Gasteiger partial charge in [0, 0.05) is 24.2 Å². The van der Waals surface area contributed by atoms with Crippen molar-refractivity contribution >= 4 is 29.5 Å². The van der Waals surface area contributed by atoms with Gasteiger partial charge in [-0.25, -0.2) is 4.79 Å². The lowest BCUT2D eigenvalue weighted by atomic mass is 10.1. The van der Waals surface area contributed by atoms with Crippen LogP contribution in [0.1, 0.15) is 27.9 Å². The van der Waals surface area contributed by atoms with Gasteiger partial charge in [-0.05, 0) is 47.9 Å². The van der Waals surface area contributed by atoms with E-state index < -0.39 is 30.2 Å². The number of anilines is 1. The number of amides is 4. The molecule has 0 aromatic heterocycles. The van der Waals surface area contributed by atoms with Crippen molar-refractivity contribution in [3.8, 4) is 11.5 Å². The first-order valence-corrected chi connectivity index (χ1v) is 11.8. The molecule has 11 nitrogen and oxygen atoms in total. The van der Waals surface area contributed by atoms with E-state index in [0.29, 0.717) is 30.2 Å². The van der Waals surface area contributed by atoms with Crippen LogP contribution < -0.4 is 30.7 Å². The molecule has 1 heterocycles. The summed E-state index contributed by atoms with van der Waals surface area (Å²) in [6.45, 7) is 0.0187. The van der Waals surface area contributed by atoms with Crippen LogP contribution in [0.25, 0.3) is 0 Å². The fourth-order valence-electron chi connectivity index (χ4n) is 3.60. The van der Waals surface area contributed by atoms with Crippen molar-refractivity contribution in [3.63, 3.8) is 0 Å². The summed E-state index contributed by atoms with van der Waals surface area (Å²) in [6, 6.07) is 20.4. The van der Waals surface area contributed by atoms with Gasteiger partial charge in [0.05, 0.1) is 6.54 Å². The number of carbonyl (C=O) groups excluding carboxylic acids is 3. The maximum Gasteiger partial charge on any atom is 0.327 e. The second kappa shape index (κ2) is 12.3. The van der Waals surface area contributed by atoms with Crippen molar-refractivity contribution in [1.29, 1.82) is 0 Å². The third kappa shape index (κ3) is 7.47. The van der Waals surface area contributed by atoms with E-state index in [0.717, 1.165) is 11.1 Å². The van der Waals surface area contributed by atoms with Crippen LogP contribution in [-0.2, 0) is 22.6 Å². The average molecular weight is 519 g/mol. The Morgan fingerprint density at radius 3 is 2.39 bits per heavy atom. The molecule has 5 N–H and O–H groups in total. The number of rotatable bonds is 10. The second-order valence-corrected chi connectivity index (χ2v) is 8.37. The number of benzene rings is 3. The Kier molecular flexibility index (Phi) is 8.39. The minimum Gasteiger partial charge on any atom is -0.481 e. The summed E-state index contributed by atoms with van der Waals surface area (Å²) in [7, 11) is 0. The summed E-state index contributed by atoms with van der Waals surface area (Å²) in [6.07, 6.45) is -0.754. The van der Waals surface area contributed by atoms with E-state index in [9.17, 15) is 19.2 Å². The Morgan fingerprint density at radius 1 is 0.816 bits per heavy atom. The number of hydrogen-bond donors (Lipinski definition) is 5. The van der Waals surface area contributed by atoms with Crippen LogP contribution in [-0.4, -0.2) is 41.9 Å². The van der Waals surface area contributed by atoms with E-state index in [2.05, 4.69) is 21.3 Å². The second-order valence-electron chi connectivity index (χ2n) is 8.37. The Labute approximate surface area is 218 Å². The first kappa shape index (κ1) is 26.0. The fraction of sp³-hybridized carbons (Fsp3) is 0.185. The molecule has 0 saturated carbocycles. The molecule has 0 spiro atoms. The SMILES string of the molecule is O=C(O)CCc1ccc2c(c1)OC(NC(=O)CNC(=O)c1cccc(NC(=O)NCc3ccccc3)c1)O2. The topological polar surface area (TPSA) is 155 Å². The Balaban J connectivity index is 1.21. The fourth-order valence-corrected chi connectivity index (χ4v) is 3.60. The summed E-state index contributed by atoms with van der Waals surface area (Å²) in [5.41, 5.74) is 2.39. The van der Waals surface area contributed by atoms with Crippen LogP contribution in [0.3, 0.4) is 0 Å². The Hall–Kier alpha value is -5.06. The molecule has 38 heavy (non-hydrogen) atoms. The first-order valence-electron chi connectivity index (χ1n) is 11.8. The van der Waals surface area contributed by atoms with E-state index in [1.165, 1.54) is 6.07 Å². The number of aryl methyl sites for hydroxylation is 1. The minimum atomic E-state index is -1.08. The number of fused-ring (bicyclic) bond motifs is 1. The number of carbonyl (C=O) groups is 4. The molecule has 0 aliphatic carbocycles. The molecule has 1 atom stereocenters. The van der Waals surface area contributed by atoms with Gasteiger partial charge in [-0.15, -0.1) is 0 Å². The van der Waals surface area contributed by atoms with Crippen molar-refractivity contribution in [1.82, 2.24) is 16.0 Å². The predicted octanol–water partition coefficient (Wildman–Crippen LogP) is 2.63. The van der Waals surface area contributed by atoms with E-state index in [4.69, 9.17) is 14.6 Å². The lowest BCUT2D eigenvalue weighted by Crippen LogP contribution is -2.45. The lowest BCUT2D eigenvalue weighted by Gasteiger charge is -2.13. The largest absolute Gasteiger partial charge is 0.481 e. The molecule has 11 heteroatoms. The number of carboxylic acids is 1. The standard InChI is InChI=1S/C27H26N4O7/c32-23(31-27-37-21-11-9-17(10-12-24(33)34)13-22(21)38-27)16-28-25(35)19-7-4-8-20(14-19)30-26(36)29-15-18-5-2-1-3-6-18/h1-9,11,13-14,27H,10,12,15-16H2,(H,28,35)(H,31,32)(H,33,34)(H2,29,30,36). The van der Waals surface area contributed by atoms with E-state index in [-0.39, 0.29) is 18.5 Å². The zero-order chi connectivity index (χ0) is 26.9. The first-order chi connectivity index (χ1) is 18.4. The van der Waals surface area contributed by atoms with Gasteiger partial charge in [0.1, 0.15) is 0 Å². The molecular formula is C27H26N4O7. The summed E-state index contributed by atoms with van der Waals surface area (Å²) in [5, 5.41) is 19.3. The lowest BCUT2D eigenvalue weighted by molar-refractivity contribution is -0.137. The highest BCUT2D eigenvalue weighted by Gasteiger charge is 2.26. The summed E-state index contributed by atoms with van der Waals surface area (Å²) >= 11 is 0. The van der Waals surface area contributed by atoms with E-state index in [1.807, 2.05) is 30.3 Å². The molecule has 3 aromatic carbocycles. The molecule has 4 amide bonds. The summed E-state index contributed by atoms with van der Waals surface area (Å²) in [4.78, 5) is 47.8. The molecule has 0 fully saturated rings. The van der Waals surface area contributed by atoms with Gasteiger partial charge in [-0.2, -0.15) is 0 Å². The number of nitrogens with one attached hydrogen (secondary N) is 4. The van der Waals surface area contributed by atoms with Crippen molar-refractivity contribution < 1.29 is 33.8 Å². The number of urea groups is 1. The Bertz CT molecular complexity index is 1330. The van der Waals surface area contributed by atoms with E-state index in [1.54, 1.807) is 36.4 Å². The summed E-state index contributed by atoms with van der Waals surface area (Å²) in [5.74, 6) is -1.15. The van der Waals surface area contributed by atoms with Crippen molar-refractivity contribution in [2.24, 2.45) is 0 Å². The van der Waals surface area contributed by atoms with Gasteiger partial charge < -0.3 is 30.5 Å². The molecule has 0 radical (unpaired) electrons.